The number of pyridine rings is 1. The lowest BCUT2D eigenvalue weighted by Crippen LogP contribution is -2.50. The minimum atomic E-state index is -0.799. The summed E-state index contributed by atoms with van der Waals surface area (Å²) in [5, 5.41) is 8.80. The highest BCUT2D eigenvalue weighted by molar-refractivity contribution is 5.66. The molecule has 7 nitrogen and oxygen atoms in total. The van der Waals surface area contributed by atoms with E-state index >= 15 is 0 Å². The molecule has 0 saturated carbocycles. The van der Waals surface area contributed by atoms with Gasteiger partial charge in [-0.1, -0.05) is 30.4 Å². The fourth-order valence-electron chi connectivity index (χ4n) is 3.66. The van der Waals surface area contributed by atoms with Gasteiger partial charge in [-0.3, -0.25) is 9.78 Å². The Kier molecular flexibility index (Phi) is 8.25. The van der Waals surface area contributed by atoms with Gasteiger partial charge < -0.3 is 24.1 Å². The first-order valence-corrected chi connectivity index (χ1v) is 10.8. The summed E-state index contributed by atoms with van der Waals surface area (Å²) in [6, 6.07) is 11.4. The van der Waals surface area contributed by atoms with Gasteiger partial charge in [-0.2, -0.15) is 0 Å². The van der Waals surface area contributed by atoms with E-state index in [1.54, 1.807) is 13.3 Å². The molecule has 1 aliphatic heterocycles. The molecule has 1 N–H and O–H groups in total. The molecule has 0 radical (unpaired) electrons. The molecule has 2 aromatic rings. The lowest BCUT2D eigenvalue weighted by atomic mass is 9.92. The van der Waals surface area contributed by atoms with E-state index in [2.05, 4.69) is 4.98 Å². The molecule has 1 aliphatic rings. The maximum atomic E-state index is 10.7. The zero-order chi connectivity index (χ0) is 23.0. The second-order valence-corrected chi connectivity index (χ2v) is 8.26. The highest BCUT2D eigenvalue weighted by atomic mass is 16.7. The standard InChI is InChI=1S/C25H31NO6/c1-25(2,32-21-13-8-7-12-20(21)29-3)24-30-17-19(10-5-4-6-14-22(27)28)23(31-24)18-11-9-15-26-16-18/h4-5,7-9,11-13,15-16,19,23-24H,6,10,14,17H2,1-3H3,(H,27,28)/b5-4-/t19-,23-,24+/m1/s1. The molecule has 0 unspecified atom stereocenters. The van der Waals surface area contributed by atoms with E-state index in [4.69, 9.17) is 24.1 Å². The van der Waals surface area contributed by atoms with Gasteiger partial charge in [0.15, 0.2) is 23.4 Å². The van der Waals surface area contributed by atoms with Gasteiger partial charge in [-0.05, 0) is 50.5 Å². The highest BCUT2D eigenvalue weighted by Crippen LogP contribution is 2.39. The Morgan fingerprint density at radius 3 is 2.69 bits per heavy atom. The van der Waals surface area contributed by atoms with Crippen LogP contribution in [0.1, 0.15) is 44.8 Å². The number of hydrogen-bond donors (Lipinski definition) is 1. The molecular weight excluding hydrogens is 410 g/mol. The molecule has 0 amide bonds. The second-order valence-electron chi connectivity index (χ2n) is 8.26. The van der Waals surface area contributed by atoms with Crippen molar-refractivity contribution >= 4 is 5.97 Å². The number of benzene rings is 1. The number of methoxy groups -OCH3 is 1. The fourth-order valence-corrected chi connectivity index (χ4v) is 3.66. The molecule has 0 bridgehead atoms. The summed E-state index contributed by atoms with van der Waals surface area (Å²) >= 11 is 0. The summed E-state index contributed by atoms with van der Waals surface area (Å²) < 4.78 is 24.2. The number of carboxylic acid groups (broad SMARTS) is 1. The predicted molar refractivity (Wildman–Crippen MR) is 120 cm³/mol. The molecule has 1 aromatic carbocycles. The number of hydrogen-bond acceptors (Lipinski definition) is 6. The third-order valence-electron chi connectivity index (χ3n) is 5.31. The maximum absolute atomic E-state index is 10.7. The topological polar surface area (TPSA) is 87.1 Å². The molecule has 3 atom stereocenters. The third kappa shape index (κ3) is 6.31. The van der Waals surface area contributed by atoms with Gasteiger partial charge in [-0.15, -0.1) is 0 Å². The summed E-state index contributed by atoms with van der Waals surface area (Å²) in [6.07, 6.45) is 7.94. The summed E-state index contributed by atoms with van der Waals surface area (Å²) in [5.41, 5.74) is 0.190. The van der Waals surface area contributed by atoms with Crippen LogP contribution < -0.4 is 9.47 Å². The van der Waals surface area contributed by atoms with Gasteiger partial charge >= 0.3 is 5.97 Å². The lowest BCUT2D eigenvalue weighted by molar-refractivity contribution is -0.288. The molecular formula is C25H31NO6. The third-order valence-corrected chi connectivity index (χ3v) is 5.31. The summed E-state index contributed by atoms with van der Waals surface area (Å²) in [7, 11) is 1.61. The zero-order valence-corrected chi connectivity index (χ0v) is 18.8. The van der Waals surface area contributed by atoms with Crippen molar-refractivity contribution < 1.29 is 28.8 Å². The number of aliphatic carboxylic acids is 1. The van der Waals surface area contributed by atoms with Crippen molar-refractivity contribution in [3.63, 3.8) is 0 Å². The van der Waals surface area contributed by atoms with E-state index in [9.17, 15) is 4.79 Å². The largest absolute Gasteiger partial charge is 0.493 e. The quantitative estimate of drug-likeness (QED) is 0.531. The molecule has 2 heterocycles. The Morgan fingerprint density at radius 2 is 2.00 bits per heavy atom. The number of nitrogens with zero attached hydrogens (tertiary/aromatic N) is 1. The number of para-hydroxylation sites is 2. The number of ether oxygens (including phenoxy) is 4. The first kappa shape index (κ1) is 23.8. The van der Waals surface area contributed by atoms with Crippen LogP contribution in [-0.2, 0) is 14.3 Å². The molecule has 7 heteroatoms. The molecule has 3 rings (SSSR count). The van der Waals surface area contributed by atoms with Gasteiger partial charge in [0, 0.05) is 24.7 Å². The smallest absolute Gasteiger partial charge is 0.303 e. The van der Waals surface area contributed by atoms with E-state index in [0.29, 0.717) is 30.9 Å². The first-order chi connectivity index (χ1) is 15.4. The predicted octanol–water partition coefficient (Wildman–Crippen LogP) is 4.79. The monoisotopic (exact) mass is 441 g/mol. The van der Waals surface area contributed by atoms with Gasteiger partial charge in [0.25, 0.3) is 0 Å². The van der Waals surface area contributed by atoms with Crippen LogP contribution in [0.4, 0.5) is 0 Å². The zero-order valence-electron chi connectivity index (χ0n) is 18.8. The van der Waals surface area contributed by atoms with Crippen LogP contribution >= 0.6 is 0 Å². The van der Waals surface area contributed by atoms with Crippen LogP contribution in [0.3, 0.4) is 0 Å². The Labute approximate surface area is 189 Å². The minimum Gasteiger partial charge on any atom is -0.493 e. The van der Waals surface area contributed by atoms with Gasteiger partial charge in [0.05, 0.1) is 19.8 Å². The Morgan fingerprint density at radius 1 is 1.22 bits per heavy atom. The van der Waals surface area contributed by atoms with Gasteiger partial charge in [-0.25, -0.2) is 0 Å². The van der Waals surface area contributed by atoms with E-state index < -0.39 is 17.9 Å². The van der Waals surface area contributed by atoms with E-state index in [-0.39, 0.29) is 18.4 Å². The Hall–Kier alpha value is -2.90. The Bertz CT molecular complexity index is 898. The first-order valence-electron chi connectivity index (χ1n) is 10.8. The Balaban J connectivity index is 1.73. The van der Waals surface area contributed by atoms with Crippen LogP contribution in [0, 0.1) is 5.92 Å². The van der Waals surface area contributed by atoms with Crippen molar-refractivity contribution in [2.45, 2.75) is 51.1 Å². The average molecular weight is 442 g/mol. The molecule has 0 aliphatic carbocycles. The van der Waals surface area contributed by atoms with Crippen molar-refractivity contribution in [2.75, 3.05) is 13.7 Å². The summed E-state index contributed by atoms with van der Waals surface area (Å²) in [6.45, 7) is 4.33. The van der Waals surface area contributed by atoms with Crippen LogP contribution in [0.15, 0.2) is 60.9 Å². The molecule has 1 aromatic heterocycles. The van der Waals surface area contributed by atoms with Crippen LogP contribution in [0.25, 0.3) is 0 Å². The van der Waals surface area contributed by atoms with E-state index in [1.165, 1.54) is 0 Å². The molecule has 32 heavy (non-hydrogen) atoms. The van der Waals surface area contributed by atoms with Crippen molar-refractivity contribution in [2.24, 2.45) is 5.92 Å². The van der Waals surface area contributed by atoms with E-state index in [1.807, 2.05) is 68.6 Å². The SMILES string of the molecule is COc1ccccc1OC(C)(C)[C@H]1OC[C@@H](C/C=C\CCC(=O)O)[C@@H](c2cccnc2)O1. The van der Waals surface area contributed by atoms with Gasteiger partial charge in [0.1, 0.15) is 0 Å². The van der Waals surface area contributed by atoms with Crippen molar-refractivity contribution in [3.05, 3.63) is 66.5 Å². The normalized spacial score (nSPS) is 21.4. The van der Waals surface area contributed by atoms with Crippen molar-refractivity contribution in [1.29, 1.82) is 0 Å². The number of rotatable bonds is 10. The average Bonchev–Trinajstić information content (AvgIpc) is 2.79. The molecule has 1 fully saturated rings. The number of carbonyl (C=O) groups is 1. The summed E-state index contributed by atoms with van der Waals surface area (Å²) in [4.78, 5) is 15.0. The summed E-state index contributed by atoms with van der Waals surface area (Å²) in [5.74, 6) is 0.532. The van der Waals surface area contributed by atoms with Crippen LogP contribution in [-0.4, -0.2) is 41.7 Å². The van der Waals surface area contributed by atoms with Crippen LogP contribution in [0.2, 0.25) is 0 Å². The van der Waals surface area contributed by atoms with E-state index in [0.717, 1.165) is 5.56 Å². The molecule has 172 valence electrons. The molecule has 0 spiro atoms. The number of allylic oxidation sites excluding steroid dienone is 2. The maximum Gasteiger partial charge on any atom is 0.303 e. The van der Waals surface area contributed by atoms with Crippen LogP contribution in [0.5, 0.6) is 11.5 Å². The second kappa shape index (κ2) is 11.1. The minimum absolute atomic E-state index is 0.0681. The number of carboxylic acids is 1. The van der Waals surface area contributed by atoms with Crippen molar-refractivity contribution in [1.82, 2.24) is 4.98 Å². The fraction of sp³-hybridized carbons (Fsp3) is 0.440. The van der Waals surface area contributed by atoms with Gasteiger partial charge in [0.2, 0.25) is 0 Å². The highest BCUT2D eigenvalue weighted by Gasteiger charge is 2.42. The molecule has 1 saturated heterocycles. The van der Waals surface area contributed by atoms with Crippen molar-refractivity contribution in [3.8, 4) is 11.5 Å². The lowest BCUT2D eigenvalue weighted by Gasteiger charge is -2.43. The number of aromatic nitrogens is 1.